The minimum atomic E-state index is -1.24. The SMILES string of the molecule is CC(C)(c1ccc(Oc2ccc3c(c2)C(=O)OC3=O)cc1)c1ccc(Oc2ccc3c(c2)C(=O)OC3O)cc1. The summed E-state index contributed by atoms with van der Waals surface area (Å²) in [5.74, 6) is 0.180. The number of esters is 3. The van der Waals surface area contributed by atoms with E-state index in [1.807, 2.05) is 48.5 Å². The molecule has 6 rings (SSSR count). The Balaban J connectivity index is 1.15. The molecule has 1 atom stereocenters. The number of rotatable bonds is 6. The summed E-state index contributed by atoms with van der Waals surface area (Å²) in [5.41, 5.74) is 2.93. The highest BCUT2D eigenvalue weighted by Gasteiger charge is 2.31. The molecule has 0 amide bonds. The lowest BCUT2D eigenvalue weighted by Gasteiger charge is -2.26. The van der Waals surface area contributed by atoms with Crippen molar-refractivity contribution in [2.24, 2.45) is 0 Å². The van der Waals surface area contributed by atoms with Crippen LogP contribution in [0, 0.1) is 0 Å². The summed E-state index contributed by atoms with van der Waals surface area (Å²) in [6.45, 7) is 4.22. The quantitative estimate of drug-likeness (QED) is 0.240. The number of hydrogen-bond acceptors (Lipinski definition) is 8. The Labute approximate surface area is 223 Å². The average Bonchev–Trinajstić information content (AvgIpc) is 3.37. The van der Waals surface area contributed by atoms with Gasteiger partial charge in [0.05, 0.1) is 16.7 Å². The number of fused-ring (bicyclic) bond motifs is 2. The molecule has 0 fully saturated rings. The van der Waals surface area contributed by atoms with Gasteiger partial charge in [-0.05, 0) is 71.8 Å². The maximum atomic E-state index is 11.9. The first-order chi connectivity index (χ1) is 18.7. The molecule has 0 aromatic heterocycles. The fourth-order valence-electron chi connectivity index (χ4n) is 4.67. The lowest BCUT2D eigenvalue weighted by atomic mass is 9.78. The van der Waals surface area contributed by atoms with Crippen molar-refractivity contribution in [3.63, 3.8) is 0 Å². The maximum Gasteiger partial charge on any atom is 0.347 e. The largest absolute Gasteiger partial charge is 0.457 e. The standard InChI is InChI=1S/C31H22O8/c1-31(2,17-3-7-19(8-4-17)36-21-11-13-23-25(15-21)29(34)38-27(23)32)18-5-9-20(10-6-18)37-22-12-14-24-26(16-22)30(35)39-28(24)33/h3-16,27,32H,1-2H3. The van der Waals surface area contributed by atoms with Crippen LogP contribution in [0.3, 0.4) is 0 Å². The van der Waals surface area contributed by atoms with Crippen LogP contribution in [0.2, 0.25) is 0 Å². The van der Waals surface area contributed by atoms with Crippen molar-refractivity contribution in [1.29, 1.82) is 0 Å². The Kier molecular flexibility index (Phi) is 5.70. The molecule has 2 heterocycles. The smallest absolute Gasteiger partial charge is 0.347 e. The third kappa shape index (κ3) is 4.41. The molecule has 4 aromatic carbocycles. The molecule has 8 heteroatoms. The number of carbonyl (C=O) groups excluding carboxylic acids is 3. The molecular weight excluding hydrogens is 500 g/mol. The Morgan fingerprint density at radius 1 is 0.615 bits per heavy atom. The second-order valence-corrected chi connectivity index (χ2v) is 9.77. The van der Waals surface area contributed by atoms with Crippen molar-refractivity contribution in [2.45, 2.75) is 25.6 Å². The van der Waals surface area contributed by atoms with Gasteiger partial charge in [0.25, 0.3) is 0 Å². The van der Waals surface area contributed by atoms with Gasteiger partial charge in [-0.3, -0.25) is 0 Å². The predicted octanol–water partition coefficient (Wildman–Crippen LogP) is 6.07. The van der Waals surface area contributed by atoms with Crippen LogP contribution in [0.1, 0.15) is 67.9 Å². The summed E-state index contributed by atoms with van der Waals surface area (Å²) < 4.78 is 21.3. The molecule has 0 bridgehead atoms. The molecule has 0 spiro atoms. The number of hydrogen-bond donors (Lipinski definition) is 1. The Bertz CT molecular complexity index is 1630. The number of ether oxygens (including phenoxy) is 4. The maximum absolute atomic E-state index is 11.9. The zero-order chi connectivity index (χ0) is 27.3. The Morgan fingerprint density at radius 2 is 1.10 bits per heavy atom. The van der Waals surface area contributed by atoms with E-state index in [0.717, 1.165) is 11.1 Å². The summed E-state index contributed by atoms with van der Waals surface area (Å²) in [6, 6.07) is 24.8. The van der Waals surface area contributed by atoms with E-state index in [1.54, 1.807) is 24.3 Å². The minimum absolute atomic E-state index is 0.195. The zero-order valence-electron chi connectivity index (χ0n) is 21.0. The molecule has 2 aliphatic rings. The predicted molar refractivity (Wildman–Crippen MR) is 138 cm³/mol. The minimum Gasteiger partial charge on any atom is -0.457 e. The summed E-state index contributed by atoms with van der Waals surface area (Å²) in [4.78, 5) is 35.3. The van der Waals surface area contributed by atoms with Gasteiger partial charge in [0, 0.05) is 11.0 Å². The molecular formula is C31H22O8. The van der Waals surface area contributed by atoms with E-state index in [2.05, 4.69) is 18.6 Å². The molecule has 0 radical (unpaired) electrons. The molecule has 194 valence electrons. The highest BCUT2D eigenvalue weighted by molar-refractivity contribution is 6.14. The normalized spacial score (nSPS) is 15.9. The first kappa shape index (κ1) is 24.4. The van der Waals surface area contributed by atoms with E-state index in [9.17, 15) is 19.5 Å². The number of aliphatic hydroxyl groups excluding tert-OH is 1. The highest BCUT2D eigenvalue weighted by Crippen LogP contribution is 2.36. The van der Waals surface area contributed by atoms with Gasteiger partial charge in [0.15, 0.2) is 0 Å². The van der Waals surface area contributed by atoms with Crippen molar-refractivity contribution >= 4 is 17.9 Å². The molecule has 0 saturated carbocycles. The molecule has 8 nitrogen and oxygen atoms in total. The molecule has 39 heavy (non-hydrogen) atoms. The van der Waals surface area contributed by atoms with Crippen LogP contribution in [-0.4, -0.2) is 23.0 Å². The lowest BCUT2D eigenvalue weighted by molar-refractivity contribution is -0.0548. The monoisotopic (exact) mass is 522 g/mol. The summed E-state index contributed by atoms with van der Waals surface area (Å²) >= 11 is 0. The fourth-order valence-corrected chi connectivity index (χ4v) is 4.67. The van der Waals surface area contributed by atoms with Crippen molar-refractivity contribution in [2.75, 3.05) is 0 Å². The van der Waals surface area contributed by atoms with E-state index in [0.29, 0.717) is 34.1 Å². The molecule has 2 aliphatic heterocycles. The van der Waals surface area contributed by atoms with E-state index in [-0.39, 0.29) is 16.5 Å². The summed E-state index contributed by atoms with van der Waals surface area (Å²) in [6.07, 6.45) is -1.24. The van der Waals surface area contributed by atoms with Gasteiger partial charge in [-0.15, -0.1) is 0 Å². The first-order valence-electron chi connectivity index (χ1n) is 12.2. The van der Waals surface area contributed by atoms with Crippen molar-refractivity contribution in [1.82, 2.24) is 0 Å². The van der Waals surface area contributed by atoms with Crippen LogP contribution >= 0.6 is 0 Å². The van der Waals surface area contributed by atoms with Crippen LogP contribution in [0.25, 0.3) is 0 Å². The lowest BCUT2D eigenvalue weighted by Crippen LogP contribution is -2.18. The fraction of sp³-hybridized carbons (Fsp3) is 0.129. The zero-order valence-corrected chi connectivity index (χ0v) is 21.0. The summed E-state index contributed by atoms with van der Waals surface area (Å²) in [5, 5.41) is 9.75. The first-order valence-corrected chi connectivity index (χ1v) is 12.2. The molecule has 4 aromatic rings. The molecule has 0 aliphatic carbocycles. The molecule has 0 saturated heterocycles. The Morgan fingerprint density at radius 3 is 1.69 bits per heavy atom. The van der Waals surface area contributed by atoms with Gasteiger partial charge < -0.3 is 24.1 Å². The van der Waals surface area contributed by atoms with Gasteiger partial charge in [-0.25, -0.2) is 14.4 Å². The molecule has 1 unspecified atom stereocenters. The van der Waals surface area contributed by atoms with Gasteiger partial charge >= 0.3 is 17.9 Å². The van der Waals surface area contributed by atoms with Crippen LogP contribution in [0.15, 0.2) is 84.9 Å². The summed E-state index contributed by atoms with van der Waals surface area (Å²) in [7, 11) is 0. The second-order valence-electron chi connectivity index (χ2n) is 9.77. The number of benzene rings is 4. The topological polar surface area (TPSA) is 108 Å². The van der Waals surface area contributed by atoms with E-state index >= 15 is 0 Å². The third-order valence-electron chi connectivity index (χ3n) is 6.97. The highest BCUT2D eigenvalue weighted by atomic mass is 16.6. The van der Waals surface area contributed by atoms with Gasteiger partial charge in [-0.2, -0.15) is 0 Å². The van der Waals surface area contributed by atoms with Crippen LogP contribution in [-0.2, 0) is 14.9 Å². The van der Waals surface area contributed by atoms with E-state index in [1.165, 1.54) is 12.1 Å². The number of cyclic esters (lactones) is 3. The van der Waals surface area contributed by atoms with Crippen molar-refractivity contribution in [3.05, 3.63) is 118 Å². The van der Waals surface area contributed by atoms with Crippen molar-refractivity contribution in [3.8, 4) is 23.0 Å². The van der Waals surface area contributed by atoms with E-state index in [4.69, 9.17) is 14.2 Å². The number of carbonyl (C=O) groups is 3. The second kappa shape index (κ2) is 9.11. The van der Waals surface area contributed by atoms with Gasteiger partial charge in [-0.1, -0.05) is 38.1 Å². The van der Waals surface area contributed by atoms with Gasteiger partial charge in [0.2, 0.25) is 6.29 Å². The average molecular weight is 523 g/mol. The van der Waals surface area contributed by atoms with Crippen LogP contribution in [0.4, 0.5) is 0 Å². The Hall–Kier alpha value is -4.95. The molecule has 1 N–H and O–H groups in total. The van der Waals surface area contributed by atoms with E-state index < -0.39 is 24.2 Å². The third-order valence-corrected chi connectivity index (χ3v) is 6.97. The van der Waals surface area contributed by atoms with Crippen molar-refractivity contribution < 1.29 is 38.4 Å². The number of aliphatic hydroxyl groups is 1. The van der Waals surface area contributed by atoms with Crippen LogP contribution < -0.4 is 9.47 Å². The van der Waals surface area contributed by atoms with Crippen LogP contribution in [0.5, 0.6) is 23.0 Å². The van der Waals surface area contributed by atoms with Gasteiger partial charge in [0.1, 0.15) is 23.0 Å².